The minimum Gasteiger partial charge on any atom is -0.497 e. The summed E-state index contributed by atoms with van der Waals surface area (Å²) in [7, 11) is 0. The van der Waals surface area contributed by atoms with Crippen molar-refractivity contribution < 1.29 is 24.9 Å². The Morgan fingerprint density at radius 2 is 1.96 bits per heavy atom. The Labute approximate surface area is 142 Å². The zero-order valence-corrected chi connectivity index (χ0v) is 13.6. The number of fused-ring (bicyclic) bond motifs is 3. The molecule has 1 fully saturated rings. The van der Waals surface area contributed by atoms with Crippen molar-refractivity contribution in [1.29, 1.82) is 0 Å². The lowest BCUT2D eigenvalue weighted by Crippen LogP contribution is -2.46. The third-order valence-electron chi connectivity index (χ3n) is 5.84. The fourth-order valence-corrected chi connectivity index (χ4v) is 4.81. The Kier molecular flexibility index (Phi) is 3.89. The Bertz CT molecular complexity index is 791. The monoisotopic (exact) mass is 350 g/mol. The van der Waals surface area contributed by atoms with E-state index in [1.165, 1.54) is 6.07 Å². The van der Waals surface area contributed by atoms with Gasteiger partial charge in [0, 0.05) is 17.0 Å². The molecule has 0 radical (unpaired) electrons. The highest BCUT2D eigenvalue weighted by Crippen LogP contribution is 2.57. The number of aliphatic carboxylic acids is 1. The molecule has 0 heterocycles. The van der Waals surface area contributed by atoms with Gasteiger partial charge in [0.2, 0.25) is 0 Å². The summed E-state index contributed by atoms with van der Waals surface area (Å²) in [6.07, 6.45) is 2.48. The third-order valence-corrected chi connectivity index (χ3v) is 5.84. The van der Waals surface area contributed by atoms with Gasteiger partial charge in [0.05, 0.1) is 15.8 Å². The van der Waals surface area contributed by atoms with E-state index in [0.717, 1.165) is 0 Å². The number of benzene rings is 1. The summed E-state index contributed by atoms with van der Waals surface area (Å²) in [5, 5.41) is 42.4. The first-order valence-electron chi connectivity index (χ1n) is 8.09. The second-order valence-corrected chi connectivity index (χ2v) is 7.04. The van der Waals surface area contributed by atoms with Crippen LogP contribution in [-0.2, 0) is 16.6 Å². The van der Waals surface area contributed by atoms with E-state index in [2.05, 4.69) is 0 Å². The average molecular weight is 350 g/mol. The molecule has 0 amide bonds. The van der Waals surface area contributed by atoms with E-state index in [9.17, 15) is 35.2 Å². The average Bonchev–Trinajstić information content (AvgIpc) is 2.52. The van der Waals surface area contributed by atoms with E-state index < -0.39 is 44.3 Å². The number of carbonyl (C=O) groups is 1. The van der Waals surface area contributed by atoms with Crippen LogP contribution >= 0.6 is 0 Å². The third kappa shape index (κ3) is 2.41. The highest BCUT2D eigenvalue weighted by molar-refractivity contribution is 5.73. The van der Waals surface area contributed by atoms with Crippen LogP contribution in [0.25, 0.3) is 0 Å². The predicted octanol–water partition coefficient (Wildman–Crippen LogP) is 2.91. The lowest BCUT2D eigenvalue weighted by Gasteiger charge is -2.48. The van der Waals surface area contributed by atoms with Crippen LogP contribution in [-0.4, -0.2) is 26.0 Å². The van der Waals surface area contributed by atoms with Crippen molar-refractivity contribution in [3.63, 3.8) is 0 Å². The minimum absolute atomic E-state index is 0.266. The van der Waals surface area contributed by atoms with E-state index in [1.54, 1.807) is 6.92 Å². The summed E-state index contributed by atoms with van der Waals surface area (Å²) < 4.78 is 0. The summed E-state index contributed by atoms with van der Waals surface area (Å²) >= 11 is 0. The Morgan fingerprint density at radius 1 is 1.28 bits per heavy atom. The number of nitrogens with zero attached hydrogens (tertiary/aromatic N) is 2. The van der Waals surface area contributed by atoms with Gasteiger partial charge in [0.15, 0.2) is 0 Å². The SMILES string of the molecule is CC12CCCC(C(=O)O)C1CCc1cc([N+](=O)[O-])c(O)c([N+](=O)[O-])c12. The number of hydrogen-bond donors (Lipinski definition) is 2. The van der Waals surface area contributed by atoms with Crippen LogP contribution in [0.3, 0.4) is 0 Å². The number of nitro groups is 2. The molecule has 3 unspecified atom stereocenters. The molecule has 3 rings (SSSR count). The molecule has 1 aromatic carbocycles. The lowest BCUT2D eigenvalue weighted by molar-refractivity contribution is -0.397. The number of carboxylic acid groups (broad SMARTS) is 1. The summed E-state index contributed by atoms with van der Waals surface area (Å²) in [6, 6.07) is 1.20. The van der Waals surface area contributed by atoms with Crippen LogP contribution in [0, 0.1) is 32.1 Å². The van der Waals surface area contributed by atoms with Gasteiger partial charge in [0.25, 0.3) is 5.75 Å². The molecule has 2 N–H and O–H groups in total. The zero-order valence-electron chi connectivity index (χ0n) is 13.6. The molecule has 2 aliphatic rings. The molecule has 0 saturated heterocycles. The quantitative estimate of drug-likeness (QED) is 0.630. The first-order chi connectivity index (χ1) is 11.7. The van der Waals surface area contributed by atoms with Crippen LogP contribution in [0.1, 0.15) is 43.7 Å². The van der Waals surface area contributed by atoms with Gasteiger partial charge in [0.1, 0.15) is 0 Å². The van der Waals surface area contributed by atoms with Gasteiger partial charge in [-0.1, -0.05) is 13.3 Å². The summed E-state index contributed by atoms with van der Waals surface area (Å²) in [4.78, 5) is 32.7. The zero-order chi connectivity index (χ0) is 18.5. The highest BCUT2D eigenvalue weighted by atomic mass is 16.6. The molecule has 9 heteroatoms. The maximum atomic E-state index is 11.6. The molecule has 0 aliphatic heterocycles. The predicted molar refractivity (Wildman–Crippen MR) is 85.6 cm³/mol. The Balaban J connectivity index is 2.28. The Hall–Kier alpha value is -2.71. The fraction of sp³-hybridized carbons (Fsp3) is 0.562. The lowest BCUT2D eigenvalue weighted by atomic mass is 9.54. The Morgan fingerprint density at radius 3 is 2.52 bits per heavy atom. The molecule has 1 aromatic rings. The molecule has 25 heavy (non-hydrogen) atoms. The largest absolute Gasteiger partial charge is 0.497 e. The van der Waals surface area contributed by atoms with Gasteiger partial charge >= 0.3 is 17.3 Å². The number of rotatable bonds is 3. The molecule has 0 spiro atoms. The van der Waals surface area contributed by atoms with E-state index in [1.807, 2.05) is 0 Å². The van der Waals surface area contributed by atoms with Gasteiger partial charge < -0.3 is 10.2 Å². The summed E-state index contributed by atoms with van der Waals surface area (Å²) in [5.41, 5.74) is -1.41. The van der Waals surface area contributed by atoms with Crippen molar-refractivity contribution in [2.75, 3.05) is 0 Å². The van der Waals surface area contributed by atoms with Crippen molar-refractivity contribution in [2.45, 2.75) is 44.4 Å². The van der Waals surface area contributed by atoms with E-state index in [4.69, 9.17) is 0 Å². The van der Waals surface area contributed by atoms with Gasteiger partial charge in [-0.25, -0.2) is 0 Å². The van der Waals surface area contributed by atoms with Crippen molar-refractivity contribution in [2.24, 2.45) is 11.8 Å². The molecule has 3 atom stereocenters. The fourth-order valence-electron chi connectivity index (χ4n) is 4.81. The number of aromatic hydroxyl groups is 1. The second-order valence-electron chi connectivity index (χ2n) is 7.04. The molecule has 2 aliphatic carbocycles. The number of hydrogen-bond acceptors (Lipinski definition) is 6. The standard InChI is InChI=1S/C16H18N2O7/c1-16-6-2-3-9(15(20)21)10(16)5-4-8-7-11(17(22)23)14(19)13(12(8)16)18(24)25/h7,9-10,19H,2-6H2,1H3,(H,20,21). The van der Waals surface area contributed by atoms with Crippen LogP contribution in [0.15, 0.2) is 6.07 Å². The maximum absolute atomic E-state index is 11.6. The number of carboxylic acids is 1. The number of phenolic OH excluding ortho intramolecular Hbond substituents is 1. The van der Waals surface area contributed by atoms with Crippen LogP contribution in [0.4, 0.5) is 11.4 Å². The van der Waals surface area contributed by atoms with Crippen LogP contribution in [0.2, 0.25) is 0 Å². The first-order valence-corrected chi connectivity index (χ1v) is 8.09. The first kappa shape index (κ1) is 17.1. The van der Waals surface area contributed by atoms with E-state index in [0.29, 0.717) is 37.7 Å². The molecule has 0 aromatic heterocycles. The molecule has 1 saturated carbocycles. The van der Waals surface area contributed by atoms with Gasteiger partial charge in [-0.15, -0.1) is 0 Å². The van der Waals surface area contributed by atoms with Crippen molar-refractivity contribution in [1.82, 2.24) is 0 Å². The molecule has 0 bridgehead atoms. The van der Waals surface area contributed by atoms with Crippen molar-refractivity contribution in [3.05, 3.63) is 37.4 Å². The smallest absolute Gasteiger partial charge is 0.322 e. The molecule has 9 nitrogen and oxygen atoms in total. The summed E-state index contributed by atoms with van der Waals surface area (Å²) in [5.74, 6) is -2.78. The van der Waals surface area contributed by atoms with Gasteiger partial charge in [-0.05, 0) is 37.2 Å². The molecular weight excluding hydrogens is 332 g/mol. The van der Waals surface area contributed by atoms with Gasteiger partial charge in [-0.3, -0.25) is 25.0 Å². The van der Waals surface area contributed by atoms with Gasteiger partial charge in [-0.2, -0.15) is 0 Å². The normalized spacial score (nSPS) is 27.9. The van der Waals surface area contributed by atoms with Crippen LogP contribution in [0.5, 0.6) is 5.75 Å². The number of phenols is 1. The number of aryl methyl sites for hydroxylation is 1. The van der Waals surface area contributed by atoms with Crippen molar-refractivity contribution in [3.8, 4) is 5.75 Å². The topological polar surface area (TPSA) is 144 Å². The summed E-state index contributed by atoms with van der Waals surface area (Å²) in [6.45, 7) is 1.78. The van der Waals surface area contributed by atoms with Crippen molar-refractivity contribution >= 4 is 17.3 Å². The number of nitro benzene ring substituents is 2. The highest BCUT2D eigenvalue weighted by Gasteiger charge is 2.53. The van der Waals surface area contributed by atoms with E-state index >= 15 is 0 Å². The van der Waals surface area contributed by atoms with E-state index in [-0.39, 0.29) is 11.5 Å². The maximum Gasteiger partial charge on any atom is 0.322 e. The van der Waals surface area contributed by atoms with Crippen LogP contribution < -0.4 is 0 Å². The molecule has 134 valence electrons. The molecular formula is C16H18N2O7. The second kappa shape index (κ2) is 5.68. The minimum atomic E-state index is -0.951.